The minimum absolute atomic E-state index is 0.00756. The van der Waals surface area contributed by atoms with Crippen LogP contribution in [0.25, 0.3) is 20.5 Å². The van der Waals surface area contributed by atoms with Gasteiger partial charge in [-0.2, -0.15) is 5.26 Å². The summed E-state index contributed by atoms with van der Waals surface area (Å²) in [4.78, 5) is 12.5. The summed E-state index contributed by atoms with van der Waals surface area (Å²) in [6.45, 7) is 0.324. The third-order valence-electron chi connectivity index (χ3n) is 5.29. The van der Waals surface area contributed by atoms with Crippen LogP contribution in [0.4, 0.5) is 11.4 Å². The van der Waals surface area contributed by atoms with Crippen LogP contribution in [0.5, 0.6) is 0 Å². The highest BCUT2D eigenvalue weighted by Crippen LogP contribution is 2.40. The molecule has 160 valence electrons. The van der Waals surface area contributed by atoms with Crippen LogP contribution in [0.15, 0.2) is 72.8 Å². The quantitative estimate of drug-likeness (QED) is 0.330. The molecular weight excluding hydrogens is 420 g/mol. The number of aliphatic carboxylic acids is 1. The minimum Gasteiger partial charge on any atom is -0.481 e. The van der Waals surface area contributed by atoms with E-state index in [4.69, 9.17) is 10.00 Å². The maximum atomic E-state index is 11.4. The Morgan fingerprint density at radius 2 is 1.91 bits per heavy atom. The van der Waals surface area contributed by atoms with E-state index in [9.17, 15) is 9.90 Å². The van der Waals surface area contributed by atoms with Gasteiger partial charge >= 0.3 is 5.97 Å². The van der Waals surface area contributed by atoms with Crippen LogP contribution in [0.3, 0.4) is 0 Å². The average Bonchev–Trinajstić information content (AvgIpc) is 3.23. The molecule has 6 heteroatoms. The van der Waals surface area contributed by atoms with Crippen molar-refractivity contribution in [3.8, 4) is 16.5 Å². The van der Waals surface area contributed by atoms with E-state index in [0.29, 0.717) is 12.2 Å². The van der Waals surface area contributed by atoms with Crippen molar-refractivity contribution >= 4 is 38.8 Å². The van der Waals surface area contributed by atoms with E-state index in [1.807, 2.05) is 42.5 Å². The average molecular weight is 443 g/mol. The zero-order chi connectivity index (χ0) is 22.5. The molecule has 4 rings (SSSR count). The first kappa shape index (κ1) is 21.6. The van der Waals surface area contributed by atoms with Crippen molar-refractivity contribution < 1.29 is 14.6 Å². The van der Waals surface area contributed by atoms with Gasteiger partial charge in [-0.25, -0.2) is 0 Å². The molecule has 4 aromatic rings. The van der Waals surface area contributed by atoms with Crippen molar-refractivity contribution in [2.45, 2.75) is 12.3 Å². The second-order valence-corrected chi connectivity index (χ2v) is 8.60. The van der Waals surface area contributed by atoms with E-state index in [1.54, 1.807) is 30.6 Å². The molecule has 0 spiro atoms. The van der Waals surface area contributed by atoms with Gasteiger partial charge in [0.15, 0.2) is 0 Å². The van der Waals surface area contributed by atoms with Crippen LogP contribution in [0.2, 0.25) is 0 Å². The normalized spacial score (nSPS) is 11.8. The van der Waals surface area contributed by atoms with Crippen molar-refractivity contribution in [3.05, 3.63) is 83.9 Å². The first-order chi connectivity index (χ1) is 15.6. The molecule has 0 fully saturated rings. The maximum Gasteiger partial charge on any atom is 0.304 e. The fourth-order valence-corrected chi connectivity index (χ4v) is 4.82. The summed E-state index contributed by atoms with van der Waals surface area (Å²) < 4.78 is 6.49. The van der Waals surface area contributed by atoms with Crippen molar-refractivity contribution in [3.63, 3.8) is 0 Å². The van der Waals surface area contributed by atoms with Gasteiger partial charge in [0.1, 0.15) is 0 Å². The molecule has 1 aromatic heterocycles. The molecule has 0 radical (unpaired) electrons. The van der Waals surface area contributed by atoms with E-state index in [0.717, 1.165) is 27.4 Å². The first-order valence-electron chi connectivity index (χ1n) is 10.2. The van der Waals surface area contributed by atoms with Crippen molar-refractivity contribution in [1.29, 1.82) is 5.26 Å². The van der Waals surface area contributed by atoms with Gasteiger partial charge in [0, 0.05) is 39.5 Å². The predicted octanol–water partition coefficient (Wildman–Crippen LogP) is 6.39. The molecule has 0 aliphatic rings. The molecule has 1 heterocycles. The van der Waals surface area contributed by atoms with Gasteiger partial charge in [0.05, 0.1) is 24.7 Å². The number of anilines is 2. The lowest BCUT2D eigenvalue weighted by molar-refractivity contribution is -0.137. The smallest absolute Gasteiger partial charge is 0.304 e. The topological polar surface area (TPSA) is 82.3 Å². The Morgan fingerprint density at radius 3 is 2.59 bits per heavy atom. The molecule has 0 aliphatic carbocycles. The number of carboxylic acid groups (broad SMARTS) is 1. The number of methoxy groups -OCH3 is 1. The van der Waals surface area contributed by atoms with Crippen LogP contribution in [0, 0.1) is 11.3 Å². The van der Waals surface area contributed by atoms with Crippen LogP contribution < -0.4 is 5.32 Å². The summed E-state index contributed by atoms with van der Waals surface area (Å²) in [5.74, 6) is -1.11. The SMILES string of the molecule is COC[C@H](CC(=O)O)c1ccc(-c2cc3ccccc3s2)c(Nc2ccc(C#N)cc2)c1. The molecule has 0 amide bonds. The highest BCUT2D eigenvalue weighted by Gasteiger charge is 2.18. The van der Waals surface area contributed by atoms with Crippen molar-refractivity contribution in [2.75, 3.05) is 19.0 Å². The molecule has 1 atom stereocenters. The molecule has 0 unspecified atom stereocenters. The third-order valence-corrected chi connectivity index (χ3v) is 6.44. The predicted molar refractivity (Wildman–Crippen MR) is 129 cm³/mol. The summed E-state index contributed by atoms with van der Waals surface area (Å²) in [5, 5.41) is 23.1. The maximum absolute atomic E-state index is 11.4. The number of thiophene rings is 1. The third kappa shape index (κ3) is 4.80. The number of hydrogen-bond donors (Lipinski definition) is 2. The molecule has 0 bridgehead atoms. The lowest BCUT2D eigenvalue weighted by Crippen LogP contribution is -2.12. The van der Waals surface area contributed by atoms with Gasteiger partial charge in [-0.1, -0.05) is 30.3 Å². The van der Waals surface area contributed by atoms with E-state index in [-0.39, 0.29) is 12.3 Å². The first-order valence-corrected chi connectivity index (χ1v) is 11.0. The van der Waals surface area contributed by atoms with Crippen LogP contribution in [-0.4, -0.2) is 24.8 Å². The Morgan fingerprint density at radius 1 is 1.12 bits per heavy atom. The van der Waals surface area contributed by atoms with Crippen molar-refractivity contribution in [1.82, 2.24) is 0 Å². The molecule has 2 N–H and O–H groups in total. The van der Waals surface area contributed by atoms with E-state index in [1.165, 1.54) is 10.1 Å². The molecule has 0 aliphatic heterocycles. The largest absolute Gasteiger partial charge is 0.481 e. The minimum atomic E-state index is -0.859. The molecule has 32 heavy (non-hydrogen) atoms. The number of rotatable bonds is 8. The molecular formula is C26H22N2O3S. The second kappa shape index (κ2) is 9.65. The summed E-state index contributed by atoms with van der Waals surface area (Å²) in [6, 6.07) is 25.8. The number of hydrogen-bond acceptors (Lipinski definition) is 5. The van der Waals surface area contributed by atoms with E-state index in [2.05, 4.69) is 29.6 Å². The number of benzene rings is 3. The molecule has 0 saturated heterocycles. The van der Waals surface area contributed by atoms with Gasteiger partial charge in [0.25, 0.3) is 0 Å². The summed E-state index contributed by atoms with van der Waals surface area (Å²) >= 11 is 1.71. The number of carboxylic acids is 1. The van der Waals surface area contributed by atoms with E-state index < -0.39 is 5.97 Å². The van der Waals surface area contributed by atoms with E-state index >= 15 is 0 Å². The number of carbonyl (C=O) groups is 1. The number of nitrogens with zero attached hydrogens (tertiary/aromatic N) is 1. The second-order valence-electron chi connectivity index (χ2n) is 7.52. The Bertz CT molecular complexity index is 1260. The monoisotopic (exact) mass is 442 g/mol. The van der Waals surface area contributed by atoms with Gasteiger partial charge in [-0.3, -0.25) is 4.79 Å². The highest BCUT2D eigenvalue weighted by molar-refractivity contribution is 7.22. The molecule has 3 aromatic carbocycles. The van der Waals surface area contributed by atoms with Gasteiger partial charge in [-0.05, 0) is 53.4 Å². The van der Waals surface area contributed by atoms with Crippen molar-refractivity contribution in [2.24, 2.45) is 0 Å². The Hall–Kier alpha value is -3.66. The molecule has 0 saturated carbocycles. The van der Waals surface area contributed by atoms with Crippen LogP contribution in [-0.2, 0) is 9.53 Å². The highest BCUT2D eigenvalue weighted by atomic mass is 32.1. The number of fused-ring (bicyclic) bond motifs is 1. The fourth-order valence-electron chi connectivity index (χ4n) is 3.72. The number of nitrogens with one attached hydrogen (secondary N) is 1. The zero-order valence-electron chi connectivity index (χ0n) is 17.5. The molecule has 5 nitrogen and oxygen atoms in total. The van der Waals surface area contributed by atoms with Crippen LogP contribution in [0.1, 0.15) is 23.5 Å². The lowest BCUT2D eigenvalue weighted by Gasteiger charge is -2.18. The van der Waals surface area contributed by atoms with Gasteiger partial charge in [-0.15, -0.1) is 11.3 Å². The summed E-state index contributed by atoms with van der Waals surface area (Å²) in [7, 11) is 1.58. The Balaban J connectivity index is 1.78. The summed E-state index contributed by atoms with van der Waals surface area (Å²) in [5.41, 5.74) is 4.26. The standard InChI is InChI=1S/C26H22N2O3S/c1-31-16-20(14-26(29)30)18-8-11-22(25-13-19-4-2-3-5-24(19)32-25)23(12-18)28-21-9-6-17(15-27)7-10-21/h2-13,20,28H,14,16H2,1H3,(H,29,30)/t20-/m0/s1. The Kier molecular flexibility index (Phi) is 6.50. The number of ether oxygens (including phenoxy) is 1. The van der Waals surface area contributed by atoms with Gasteiger partial charge in [0.2, 0.25) is 0 Å². The fraction of sp³-hybridized carbons (Fsp3) is 0.154. The van der Waals surface area contributed by atoms with Gasteiger partial charge < -0.3 is 15.2 Å². The zero-order valence-corrected chi connectivity index (χ0v) is 18.4. The van der Waals surface area contributed by atoms with Crippen LogP contribution >= 0.6 is 11.3 Å². The number of nitriles is 1. The lowest BCUT2D eigenvalue weighted by atomic mass is 9.94. The Labute approximate surface area is 190 Å². The summed E-state index contributed by atoms with van der Waals surface area (Å²) in [6.07, 6.45) is -0.00756.